The lowest BCUT2D eigenvalue weighted by molar-refractivity contribution is -0.387. The van der Waals surface area contributed by atoms with Gasteiger partial charge in [0.1, 0.15) is 0 Å². The summed E-state index contributed by atoms with van der Waals surface area (Å²) >= 11 is 11.7. The van der Waals surface area contributed by atoms with Crippen LogP contribution in [-0.2, 0) is 0 Å². The average molecular weight is 329 g/mol. The molecule has 0 aliphatic rings. The normalized spacial score (nSPS) is 10.2. The summed E-state index contributed by atoms with van der Waals surface area (Å²) in [6.45, 7) is 0. The standard InChI is InChI=1S/C13H7Cl2FN2O3/c14-8-2-1-3-10(12(8)15)17-13(19)7-4-5-9(16)11(6-7)18(20)21/h1-6H,(H,17,19). The molecular weight excluding hydrogens is 322 g/mol. The van der Waals surface area contributed by atoms with Gasteiger partial charge in [-0.25, -0.2) is 0 Å². The van der Waals surface area contributed by atoms with E-state index in [1.54, 1.807) is 12.1 Å². The zero-order chi connectivity index (χ0) is 15.6. The Balaban J connectivity index is 2.31. The Hall–Kier alpha value is -2.18. The molecule has 2 aromatic carbocycles. The van der Waals surface area contributed by atoms with Crippen molar-refractivity contribution in [1.82, 2.24) is 0 Å². The summed E-state index contributed by atoms with van der Waals surface area (Å²) < 4.78 is 13.2. The Morgan fingerprint density at radius 2 is 1.95 bits per heavy atom. The van der Waals surface area contributed by atoms with Gasteiger partial charge in [0.2, 0.25) is 5.82 Å². The molecule has 8 heteroatoms. The predicted molar refractivity (Wildman–Crippen MR) is 77.5 cm³/mol. The van der Waals surface area contributed by atoms with Crippen molar-refractivity contribution in [2.45, 2.75) is 0 Å². The average Bonchev–Trinajstić information content (AvgIpc) is 2.44. The molecule has 0 saturated carbocycles. The fourth-order valence-corrected chi connectivity index (χ4v) is 1.94. The number of benzene rings is 2. The first-order chi connectivity index (χ1) is 9.90. The molecule has 0 aromatic heterocycles. The van der Waals surface area contributed by atoms with Crippen molar-refractivity contribution in [3.05, 3.63) is 67.9 Å². The van der Waals surface area contributed by atoms with E-state index in [4.69, 9.17) is 23.2 Å². The molecule has 0 heterocycles. The van der Waals surface area contributed by atoms with Crippen molar-refractivity contribution in [1.29, 1.82) is 0 Å². The number of halogens is 3. The highest BCUT2D eigenvalue weighted by Gasteiger charge is 2.18. The quantitative estimate of drug-likeness (QED) is 0.674. The first kappa shape index (κ1) is 15.2. The predicted octanol–water partition coefficient (Wildman–Crippen LogP) is 4.29. The SMILES string of the molecule is O=C(Nc1cccc(Cl)c1Cl)c1ccc(F)c([N+](=O)[O-])c1. The number of nitrogens with one attached hydrogen (secondary N) is 1. The molecular formula is C13H7Cl2FN2O3. The van der Waals surface area contributed by atoms with E-state index in [2.05, 4.69) is 5.32 Å². The smallest absolute Gasteiger partial charge is 0.305 e. The molecule has 0 spiro atoms. The van der Waals surface area contributed by atoms with E-state index in [0.717, 1.165) is 18.2 Å². The number of nitrogens with zero attached hydrogens (tertiary/aromatic N) is 1. The van der Waals surface area contributed by atoms with Crippen LogP contribution in [0.2, 0.25) is 10.0 Å². The summed E-state index contributed by atoms with van der Waals surface area (Å²) in [6, 6.07) is 7.48. The fraction of sp³-hybridized carbons (Fsp3) is 0. The van der Waals surface area contributed by atoms with Crippen LogP contribution in [0, 0.1) is 15.9 Å². The van der Waals surface area contributed by atoms with E-state index in [1.165, 1.54) is 6.07 Å². The summed E-state index contributed by atoms with van der Waals surface area (Å²) in [7, 11) is 0. The molecule has 21 heavy (non-hydrogen) atoms. The molecule has 1 amide bonds. The van der Waals surface area contributed by atoms with Gasteiger partial charge in [-0.2, -0.15) is 4.39 Å². The fourth-order valence-electron chi connectivity index (χ4n) is 1.59. The van der Waals surface area contributed by atoms with Gasteiger partial charge >= 0.3 is 5.69 Å². The summed E-state index contributed by atoms with van der Waals surface area (Å²) in [5, 5.41) is 13.5. The number of carbonyl (C=O) groups excluding carboxylic acids is 1. The zero-order valence-corrected chi connectivity index (χ0v) is 11.8. The second-order valence-electron chi connectivity index (χ2n) is 3.98. The number of amides is 1. The van der Waals surface area contributed by atoms with Crippen LogP contribution in [0.15, 0.2) is 36.4 Å². The Kier molecular flexibility index (Phi) is 4.40. The Labute approximate surface area is 128 Å². The van der Waals surface area contributed by atoms with E-state index in [-0.39, 0.29) is 21.3 Å². The monoisotopic (exact) mass is 328 g/mol. The number of hydrogen-bond donors (Lipinski definition) is 1. The number of anilines is 1. The van der Waals surface area contributed by atoms with Gasteiger partial charge in [-0.3, -0.25) is 14.9 Å². The van der Waals surface area contributed by atoms with E-state index < -0.39 is 22.3 Å². The van der Waals surface area contributed by atoms with Crippen LogP contribution >= 0.6 is 23.2 Å². The maximum absolute atomic E-state index is 13.2. The second-order valence-corrected chi connectivity index (χ2v) is 4.76. The number of rotatable bonds is 3. The molecule has 2 aromatic rings. The molecule has 108 valence electrons. The largest absolute Gasteiger partial charge is 0.321 e. The van der Waals surface area contributed by atoms with E-state index in [0.29, 0.717) is 0 Å². The number of hydrogen-bond acceptors (Lipinski definition) is 3. The molecule has 0 aliphatic carbocycles. The van der Waals surface area contributed by atoms with Crippen LogP contribution in [0.5, 0.6) is 0 Å². The lowest BCUT2D eigenvalue weighted by atomic mass is 10.1. The molecule has 0 aliphatic heterocycles. The van der Waals surface area contributed by atoms with Gasteiger partial charge in [0.05, 0.1) is 20.7 Å². The van der Waals surface area contributed by atoms with Gasteiger partial charge in [-0.1, -0.05) is 29.3 Å². The van der Waals surface area contributed by atoms with Crippen molar-refractivity contribution in [3.63, 3.8) is 0 Å². The minimum atomic E-state index is -1.02. The first-order valence-corrected chi connectivity index (χ1v) is 6.35. The van der Waals surface area contributed by atoms with Crippen molar-refractivity contribution in [2.75, 3.05) is 5.32 Å². The van der Waals surface area contributed by atoms with Gasteiger partial charge in [-0.05, 0) is 24.3 Å². The summed E-state index contributed by atoms with van der Waals surface area (Å²) in [5.41, 5.74) is -0.597. The van der Waals surface area contributed by atoms with E-state index in [9.17, 15) is 19.3 Å². The van der Waals surface area contributed by atoms with Gasteiger partial charge in [0.25, 0.3) is 5.91 Å². The lowest BCUT2D eigenvalue weighted by Crippen LogP contribution is -2.12. The molecule has 0 bridgehead atoms. The third kappa shape index (κ3) is 3.29. The van der Waals surface area contributed by atoms with Crippen LogP contribution < -0.4 is 5.32 Å². The van der Waals surface area contributed by atoms with Crippen LogP contribution in [-0.4, -0.2) is 10.8 Å². The second kappa shape index (κ2) is 6.07. The van der Waals surface area contributed by atoms with Gasteiger partial charge in [-0.15, -0.1) is 0 Å². The lowest BCUT2D eigenvalue weighted by Gasteiger charge is -2.08. The Morgan fingerprint density at radius 3 is 2.62 bits per heavy atom. The third-order valence-corrected chi connectivity index (χ3v) is 3.42. The molecule has 0 saturated heterocycles. The highest BCUT2D eigenvalue weighted by atomic mass is 35.5. The van der Waals surface area contributed by atoms with Crippen molar-refractivity contribution in [3.8, 4) is 0 Å². The minimum Gasteiger partial charge on any atom is -0.321 e. The summed E-state index contributed by atoms with van der Waals surface area (Å²) in [4.78, 5) is 21.8. The van der Waals surface area contributed by atoms with Crippen molar-refractivity contribution >= 4 is 40.5 Å². The maximum Gasteiger partial charge on any atom is 0.305 e. The Morgan fingerprint density at radius 1 is 1.24 bits per heavy atom. The number of carbonyl (C=O) groups is 1. The van der Waals surface area contributed by atoms with Gasteiger partial charge < -0.3 is 5.32 Å². The molecule has 2 rings (SSSR count). The highest BCUT2D eigenvalue weighted by Crippen LogP contribution is 2.30. The highest BCUT2D eigenvalue weighted by molar-refractivity contribution is 6.44. The van der Waals surface area contributed by atoms with E-state index in [1.807, 2.05) is 0 Å². The Bertz CT molecular complexity index is 737. The number of nitro groups is 1. The molecule has 0 unspecified atom stereocenters. The molecule has 0 radical (unpaired) electrons. The van der Waals surface area contributed by atoms with E-state index >= 15 is 0 Å². The van der Waals surface area contributed by atoms with Crippen LogP contribution in [0.3, 0.4) is 0 Å². The first-order valence-electron chi connectivity index (χ1n) is 5.59. The van der Waals surface area contributed by atoms with Crippen LogP contribution in [0.4, 0.5) is 15.8 Å². The molecule has 0 fully saturated rings. The topological polar surface area (TPSA) is 72.2 Å². The van der Waals surface area contributed by atoms with Crippen molar-refractivity contribution in [2.24, 2.45) is 0 Å². The maximum atomic E-state index is 13.2. The molecule has 0 atom stereocenters. The summed E-state index contributed by atoms with van der Waals surface area (Å²) in [5.74, 6) is -1.68. The summed E-state index contributed by atoms with van der Waals surface area (Å²) in [6.07, 6.45) is 0. The third-order valence-electron chi connectivity index (χ3n) is 2.60. The van der Waals surface area contributed by atoms with Crippen LogP contribution in [0.1, 0.15) is 10.4 Å². The van der Waals surface area contributed by atoms with Gasteiger partial charge in [0, 0.05) is 11.6 Å². The molecule has 1 N–H and O–H groups in total. The molecule has 5 nitrogen and oxygen atoms in total. The van der Waals surface area contributed by atoms with Gasteiger partial charge in [0.15, 0.2) is 0 Å². The van der Waals surface area contributed by atoms with Crippen molar-refractivity contribution < 1.29 is 14.1 Å². The minimum absolute atomic E-state index is 0.0702. The number of nitro benzene ring substituents is 1. The zero-order valence-electron chi connectivity index (χ0n) is 10.3. The van der Waals surface area contributed by atoms with Crippen LogP contribution in [0.25, 0.3) is 0 Å².